The number of aliphatic hydroxyl groups excluding tert-OH is 1. The Morgan fingerprint density at radius 2 is 1.96 bits per heavy atom. The predicted molar refractivity (Wildman–Crippen MR) is 104 cm³/mol. The third-order valence-corrected chi connectivity index (χ3v) is 5.88. The molecule has 1 saturated carbocycles. The van der Waals surface area contributed by atoms with Crippen LogP contribution in [-0.2, 0) is 16.6 Å². The highest BCUT2D eigenvalue weighted by molar-refractivity contribution is 5.92. The number of aryl methyl sites for hydroxylation is 2. The summed E-state index contributed by atoms with van der Waals surface area (Å²) in [6.45, 7) is 7.05. The molecule has 0 bridgehead atoms. The van der Waals surface area contributed by atoms with E-state index in [1.807, 2.05) is 31.7 Å². The zero-order chi connectivity index (χ0) is 19.4. The summed E-state index contributed by atoms with van der Waals surface area (Å²) >= 11 is 0. The van der Waals surface area contributed by atoms with Crippen LogP contribution >= 0.6 is 0 Å². The molecule has 7 heteroatoms. The van der Waals surface area contributed by atoms with Crippen LogP contribution in [0.5, 0.6) is 0 Å². The molecule has 27 heavy (non-hydrogen) atoms. The number of nitrogens with zero attached hydrogens (tertiary/aromatic N) is 3. The second-order valence-corrected chi connectivity index (χ2v) is 7.65. The van der Waals surface area contributed by atoms with E-state index in [4.69, 9.17) is 4.74 Å². The minimum Gasteiger partial charge on any atom is -0.389 e. The second-order valence-electron chi connectivity index (χ2n) is 7.65. The summed E-state index contributed by atoms with van der Waals surface area (Å²) in [5.74, 6) is -0.163. The number of morpholine rings is 1. The number of carbonyl (C=O) groups excluding carboxylic acids is 1. The Bertz CT molecular complexity index is 679. The Hall–Kier alpha value is -1.70. The molecule has 1 amide bonds. The standard InChI is InChI=1S/C20H32N4O3/c1-14-16(15(2)23(3)22-14)8-9-19(25)21-17-6-4-5-7-18(20(17)26)24-10-12-27-13-11-24/h8-9,17-18,20,26H,4-7,10-13H2,1-3H3,(H,21,25)/t17-,18-,20-/m1/s1. The minimum absolute atomic E-state index is 0.0912. The molecule has 0 spiro atoms. The SMILES string of the molecule is Cc1nn(C)c(C)c1C=CC(=O)N[C@@H]1CCCC[C@@H](N2CCOCC2)[C@@H]1O. The van der Waals surface area contributed by atoms with Crippen LogP contribution < -0.4 is 5.32 Å². The van der Waals surface area contributed by atoms with Gasteiger partial charge >= 0.3 is 0 Å². The van der Waals surface area contributed by atoms with Gasteiger partial charge < -0.3 is 15.2 Å². The van der Waals surface area contributed by atoms with E-state index >= 15 is 0 Å². The first-order chi connectivity index (χ1) is 13.0. The molecule has 1 aromatic heterocycles. The first-order valence-electron chi connectivity index (χ1n) is 9.96. The van der Waals surface area contributed by atoms with Crippen molar-refractivity contribution in [1.82, 2.24) is 20.0 Å². The summed E-state index contributed by atoms with van der Waals surface area (Å²) in [5.41, 5.74) is 2.90. The van der Waals surface area contributed by atoms with E-state index in [1.165, 1.54) is 0 Å². The highest BCUT2D eigenvalue weighted by atomic mass is 16.5. The summed E-state index contributed by atoms with van der Waals surface area (Å²) in [5, 5.41) is 18.4. The van der Waals surface area contributed by atoms with E-state index in [0.717, 1.165) is 55.7 Å². The number of ether oxygens (including phenoxy) is 1. The van der Waals surface area contributed by atoms with Gasteiger partial charge in [0.15, 0.2) is 0 Å². The average molecular weight is 377 g/mol. The van der Waals surface area contributed by atoms with E-state index in [0.29, 0.717) is 13.2 Å². The molecule has 0 unspecified atom stereocenters. The molecule has 1 saturated heterocycles. The van der Waals surface area contributed by atoms with Crippen LogP contribution in [0.2, 0.25) is 0 Å². The van der Waals surface area contributed by atoms with Gasteiger partial charge in [-0.2, -0.15) is 5.10 Å². The molecule has 7 nitrogen and oxygen atoms in total. The fraction of sp³-hybridized carbons (Fsp3) is 0.700. The van der Waals surface area contributed by atoms with E-state index < -0.39 is 6.10 Å². The maximum Gasteiger partial charge on any atom is 0.244 e. The van der Waals surface area contributed by atoms with Crippen LogP contribution in [-0.4, -0.2) is 70.2 Å². The van der Waals surface area contributed by atoms with Gasteiger partial charge in [-0.05, 0) is 32.8 Å². The molecule has 3 rings (SSSR count). The third-order valence-electron chi connectivity index (χ3n) is 5.88. The van der Waals surface area contributed by atoms with Crippen molar-refractivity contribution in [3.63, 3.8) is 0 Å². The molecule has 2 fully saturated rings. The predicted octanol–water partition coefficient (Wildman–Crippen LogP) is 1.17. The van der Waals surface area contributed by atoms with Gasteiger partial charge in [0.05, 0.1) is 31.1 Å². The first-order valence-corrected chi connectivity index (χ1v) is 9.96. The van der Waals surface area contributed by atoms with Gasteiger partial charge in [-0.1, -0.05) is 12.8 Å². The van der Waals surface area contributed by atoms with Crippen LogP contribution in [0.15, 0.2) is 6.08 Å². The van der Waals surface area contributed by atoms with Crippen molar-refractivity contribution in [3.8, 4) is 0 Å². The molecule has 150 valence electrons. The highest BCUT2D eigenvalue weighted by Gasteiger charge is 2.34. The Morgan fingerprint density at radius 1 is 1.26 bits per heavy atom. The van der Waals surface area contributed by atoms with E-state index in [2.05, 4.69) is 15.3 Å². The fourth-order valence-electron chi connectivity index (χ4n) is 4.21. The summed E-state index contributed by atoms with van der Waals surface area (Å²) in [6, 6.07) is -0.123. The molecule has 0 aromatic carbocycles. The van der Waals surface area contributed by atoms with Gasteiger partial charge in [-0.15, -0.1) is 0 Å². The van der Waals surface area contributed by atoms with Crippen LogP contribution in [0.3, 0.4) is 0 Å². The fourth-order valence-corrected chi connectivity index (χ4v) is 4.21. The van der Waals surface area contributed by atoms with Crippen LogP contribution in [0.1, 0.15) is 42.6 Å². The average Bonchev–Trinajstić information content (AvgIpc) is 2.80. The Morgan fingerprint density at radius 3 is 2.63 bits per heavy atom. The van der Waals surface area contributed by atoms with Crippen molar-refractivity contribution >= 4 is 12.0 Å². The van der Waals surface area contributed by atoms with Gasteiger partial charge in [0.2, 0.25) is 5.91 Å². The van der Waals surface area contributed by atoms with Crippen LogP contribution in [0.4, 0.5) is 0 Å². The van der Waals surface area contributed by atoms with E-state index in [9.17, 15) is 9.90 Å². The second kappa shape index (κ2) is 8.99. The Balaban J connectivity index is 1.64. The lowest BCUT2D eigenvalue weighted by molar-refractivity contribution is -0.118. The van der Waals surface area contributed by atoms with Crippen molar-refractivity contribution in [2.45, 2.75) is 57.7 Å². The van der Waals surface area contributed by atoms with Crippen molar-refractivity contribution in [2.75, 3.05) is 26.3 Å². The van der Waals surface area contributed by atoms with Crippen LogP contribution in [0, 0.1) is 13.8 Å². The first kappa shape index (κ1) is 20.0. The Kier molecular flexibility index (Phi) is 6.68. The molecule has 1 aliphatic carbocycles. The number of aromatic nitrogens is 2. The largest absolute Gasteiger partial charge is 0.389 e. The quantitative estimate of drug-likeness (QED) is 0.609. The molecule has 3 atom stereocenters. The molecular formula is C20H32N4O3. The number of aliphatic hydroxyl groups is 1. The summed E-state index contributed by atoms with van der Waals surface area (Å²) in [6.07, 6.45) is 6.70. The highest BCUT2D eigenvalue weighted by Crippen LogP contribution is 2.24. The molecule has 1 aliphatic heterocycles. The lowest BCUT2D eigenvalue weighted by Crippen LogP contribution is -2.55. The van der Waals surface area contributed by atoms with Crippen molar-refractivity contribution in [2.24, 2.45) is 7.05 Å². The van der Waals surface area contributed by atoms with Crippen molar-refractivity contribution in [1.29, 1.82) is 0 Å². The number of hydrogen-bond acceptors (Lipinski definition) is 5. The minimum atomic E-state index is -0.551. The van der Waals surface area contributed by atoms with Crippen molar-refractivity contribution < 1.29 is 14.6 Å². The molecular weight excluding hydrogens is 344 g/mol. The van der Waals surface area contributed by atoms with Gasteiger partial charge in [0.25, 0.3) is 0 Å². The number of amides is 1. The van der Waals surface area contributed by atoms with Gasteiger partial charge in [0.1, 0.15) is 0 Å². The van der Waals surface area contributed by atoms with Crippen molar-refractivity contribution in [3.05, 3.63) is 23.0 Å². The number of nitrogens with one attached hydrogen (secondary N) is 1. The third kappa shape index (κ3) is 4.78. The maximum absolute atomic E-state index is 12.5. The molecule has 2 N–H and O–H groups in total. The zero-order valence-corrected chi connectivity index (χ0v) is 16.6. The molecule has 0 radical (unpaired) electrons. The number of hydrogen-bond donors (Lipinski definition) is 2. The Labute approximate surface area is 161 Å². The zero-order valence-electron chi connectivity index (χ0n) is 16.6. The summed E-state index contributed by atoms with van der Waals surface area (Å²) in [4.78, 5) is 14.8. The summed E-state index contributed by atoms with van der Waals surface area (Å²) in [7, 11) is 1.90. The summed E-state index contributed by atoms with van der Waals surface area (Å²) < 4.78 is 7.25. The normalized spacial score (nSPS) is 27.6. The monoisotopic (exact) mass is 376 g/mol. The van der Waals surface area contributed by atoms with Gasteiger partial charge in [-0.25, -0.2) is 0 Å². The lowest BCUT2D eigenvalue weighted by Gasteiger charge is -2.38. The number of rotatable bonds is 4. The van der Waals surface area contributed by atoms with E-state index in [1.54, 1.807) is 6.08 Å². The maximum atomic E-state index is 12.5. The smallest absolute Gasteiger partial charge is 0.244 e. The van der Waals surface area contributed by atoms with E-state index in [-0.39, 0.29) is 18.0 Å². The van der Waals surface area contributed by atoms with Gasteiger partial charge in [-0.3, -0.25) is 14.4 Å². The topological polar surface area (TPSA) is 79.6 Å². The molecule has 2 aliphatic rings. The number of carbonyl (C=O) groups is 1. The van der Waals surface area contributed by atoms with Crippen LogP contribution in [0.25, 0.3) is 6.08 Å². The van der Waals surface area contributed by atoms with Gasteiger partial charge in [0, 0.05) is 43.5 Å². The molecule has 2 heterocycles. The lowest BCUT2D eigenvalue weighted by atomic mass is 9.99. The molecule has 1 aromatic rings.